The van der Waals surface area contributed by atoms with E-state index in [0.29, 0.717) is 6.54 Å². The van der Waals surface area contributed by atoms with Gasteiger partial charge in [-0.1, -0.05) is 18.2 Å². The van der Waals surface area contributed by atoms with Crippen LogP contribution < -0.4 is 10.7 Å². The van der Waals surface area contributed by atoms with Gasteiger partial charge < -0.3 is 5.73 Å². The Hall–Kier alpha value is -1.68. The molecule has 0 spiro atoms. The standard InChI is InChI=1S/C13H17N3O/c1-10-9-15-16(13(10)17)12-7-3-2-5-11(12)6-4-8-14/h2-3,5,7,9-10H,4,6,8,14H2,1H3. The minimum Gasteiger partial charge on any atom is -0.330 e. The normalized spacial score (nSPS) is 19.1. The second-order valence-corrected chi connectivity index (χ2v) is 4.22. The van der Waals surface area contributed by atoms with Gasteiger partial charge in [0.05, 0.1) is 11.6 Å². The Morgan fingerprint density at radius 1 is 1.41 bits per heavy atom. The summed E-state index contributed by atoms with van der Waals surface area (Å²) < 4.78 is 0. The third kappa shape index (κ3) is 2.36. The molecule has 1 aliphatic rings. The van der Waals surface area contributed by atoms with E-state index < -0.39 is 0 Å². The van der Waals surface area contributed by atoms with Gasteiger partial charge >= 0.3 is 0 Å². The first-order valence-corrected chi connectivity index (χ1v) is 5.90. The molecule has 0 saturated carbocycles. The Labute approximate surface area is 101 Å². The number of hydrazone groups is 1. The van der Waals surface area contributed by atoms with Crippen LogP contribution in [0.1, 0.15) is 18.9 Å². The number of benzene rings is 1. The molecule has 2 rings (SSSR count). The van der Waals surface area contributed by atoms with Crippen LogP contribution in [0.3, 0.4) is 0 Å². The molecule has 1 amide bonds. The molecule has 0 radical (unpaired) electrons. The summed E-state index contributed by atoms with van der Waals surface area (Å²) in [7, 11) is 0. The van der Waals surface area contributed by atoms with Crippen LogP contribution in [0, 0.1) is 5.92 Å². The highest BCUT2D eigenvalue weighted by Gasteiger charge is 2.26. The predicted octanol–water partition coefficient (Wildman–Crippen LogP) is 1.55. The number of amides is 1. The van der Waals surface area contributed by atoms with Gasteiger partial charge in [-0.25, -0.2) is 5.01 Å². The van der Waals surface area contributed by atoms with Crippen molar-refractivity contribution in [3.8, 4) is 0 Å². The molecule has 0 saturated heterocycles. The number of hydrogen-bond acceptors (Lipinski definition) is 3. The highest BCUT2D eigenvalue weighted by atomic mass is 16.2. The van der Waals surface area contributed by atoms with Crippen molar-refractivity contribution in [1.29, 1.82) is 0 Å². The topological polar surface area (TPSA) is 58.7 Å². The zero-order chi connectivity index (χ0) is 12.3. The van der Waals surface area contributed by atoms with E-state index in [2.05, 4.69) is 5.10 Å². The Balaban J connectivity index is 2.26. The molecule has 1 unspecified atom stereocenters. The van der Waals surface area contributed by atoms with E-state index >= 15 is 0 Å². The number of hydrogen-bond donors (Lipinski definition) is 1. The summed E-state index contributed by atoms with van der Waals surface area (Å²) in [4.78, 5) is 11.9. The predicted molar refractivity (Wildman–Crippen MR) is 69.0 cm³/mol. The van der Waals surface area contributed by atoms with Crippen LogP contribution in [0.2, 0.25) is 0 Å². The number of nitrogens with zero attached hydrogens (tertiary/aromatic N) is 2. The molecule has 1 aromatic rings. The van der Waals surface area contributed by atoms with Crippen molar-refractivity contribution in [3.05, 3.63) is 29.8 Å². The third-order valence-corrected chi connectivity index (χ3v) is 2.87. The minimum atomic E-state index is -0.127. The third-order valence-electron chi connectivity index (χ3n) is 2.87. The van der Waals surface area contributed by atoms with Crippen LogP contribution in [-0.4, -0.2) is 18.7 Å². The Kier molecular flexibility index (Phi) is 3.54. The van der Waals surface area contributed by atoms with E-state index in [1.807, 2.05) is 31.2 Å². The molecule has 1 aliphatic heterocycles. The SMILES string of the molecule is CC1C=NN(c2ccccc2CCCN)C1=O. The maximum atomic E-state index is 11.9. The largest absolute Gasteiger partial charge is 0.330 e. The molecule has 4 heteroatoms. The van der Waals surface area contributed by atoms with Crippen LogP contribution in [0.4, 0.5) is 5.69 Å². The van der Waals surface area contributed by atoms with Crippen LogP contribution in [-0.2, 0) is 11.2 Å². The van der Waals surface area contributed by atoms with Crippen molar-refractivity contribution in [1.82, 2.24) is 0 Å². The van der Waals surface area contributed by atoms with Gasteiger partial charge in [0.2, 0.25) is 0 Å². The van der Waals surface area contributed by atoms with Gasteiger partial charge in [-0.15, -0.1) is 0 Å². The van der Waals surface area contributed by atoms with Gasteiger partial charge in [0.15, 0.2) is 0 Å². The van der Waals surface area contributed by atoms with Gasteiger partial charge in [-0.2, -0.15) is 5.10 Å². The fraction of sp³-hybridized carbons (Fsp3) is 0.385. The number of para-hydroxylation sites is 1. The summed E-state index contributed by atoms with van der Waals surface area (Å²) >= 11 is 0. The number of rotatable bonds is 4. The smallest absolute Gasteiger partial charge is 0.255 e. The van der Waals surface area contributed by atoms with Gasteiger partial charge in [-0.05, 0) is 37.9 Å². The molecule has 1 heterocycles. The van der Waals surface area contributed by atoms with E-state index in [4.69, 9.17) is 5.73 Å². The first kappa shape index (κ1) is 11.8. The minimum absolute atomic E-state index is 0.0326. The highest BCUT2D eigenvalue weighted by molar-refractivity contribution is 6.08. The molecule has 0 fully saturated rings. The summed E-state index contributed by atoms with van der Waals surface area (Å²) in [5.74, 6) is -0.0947. The van der Waals surface area contributed by atoms with Crippen LogP contribution in [0.15, 0.2) is 29.4 Å². The summed E-state index contributed by atoms with van der Waals surface area (Å²) in [5.41, 5.74) is 7.52. The molecular weight excluding hydrogens is 214 g/mol. The van der Waals surface area contributed by atoms with Crippen molar-refractivity contribution in [2.75, 3.05) is 11.6 Å². The number of carbonyl (C=O) groups is 1. The summed E-state index contributed by atoms with van der Waals surface area (Å²) in [6, 6.07) is 7.85. The van der Waals surface area contributed by atoms with E-state index in [9.17, 15) is 4.79 Å². The van der Waals surface area contributed by atoms with Crippen LogP contribution in [0.25, 0.3) is 0 Å². The van der Waals surface area contributed by atoms with E-state index in [-0.39, 0.29) is 11.8 Å². The first-order chi connectivity index (χ1) is 8.24. The quantitative estimate of drug-likeness (QED) is 0.854. The lowest BCUT2D eigenvalue weighted by molar-refractivity contribution is -0.119. The molecule has 1 aromatic carbocycles. The van der Waals surface area contributed by atoms with Crippen LogP contribution in [0.5, 0.6) is 0 Å². The average molecular weight is 231 g/mol. The fourth-order valence-corrected chi connectivity index (χ4v) is 1.88. The molecule has 0 bridgehead atoms. The molecule has 0 aliphatic carbocycles. The lowest BCUT2D eigenvalue weighted by Gasteiger charge is -2.17. The summed E-state index contributed by atoms with van der Waals surface area (Å²) in [6.07, 6.45) is 3.47. The van der Waals surface area contributed by atoms with E-state index in [1.54, 1.807) is 6.21 Å². The van der Waals surface area contributed by atoms with Crippen molar-refractivity contribution in [3.63, 3.8) is 0 Å². The molecule has 4 nitrogen and oxygen atoms in total. The van der Waals surface area contributed by atoms with E-state index in [1.165, 1.54) is 5.01 Å². The van der Waals surface area contributed by atoms with Gasteiger partial charge in [0.1, 0.15) is 0 Å². The molecule has 90 valence electrons. The number of nitrogens with two attached hydrogens (primary N) is 1. The van der Waals surface area contributed by atoms with Gasteiger partial charge in [0, 0.05) is 6.21 Å². The summed E-state index contributed by atoms with van der Waals surface area (Å²) in [5, 5.41) is 5.66. The molecule has 17 heavy (non-hydrogen) atoms. The molecule has 0 aromatic heterocycles. The second-order valence-electron chi connectivity index (χ2n) is 4.22. The lowest BCUT2D eigenvalue weighted by atomic mass is 10.1. The van der Waals surface area contributed by atoms with Crippen molar-refractivity contribution in [2.24, 2.45) is 16.8 Å². The highest BCUT2D eigenvalue weighted by Crippen LogP contribution is 2.25. The maximum Gasteiger partial charge on any atom is 0.255 e. The Morgan fingerprint density at radius 3 is 2.82 bits per heavy atom. The Bertz CT molecular complexity index is 442. The number of aryl methyl sites for hydroxylation is 1. The zero-order valence-corrected chi connectivity index (χ0v) is 9.97. The number of carbonyl (C=O) groups excluding carboxylic acids is 1. The first-order valence-electron chi connectivity index (χ1n) is 5.90. The van der Waals surface area contributed by atoms with Gasteiger partial charge in [0.25, 0.3) is 5.91 Å². The maximum absolute atomic E-state index is 11.9. The van der Waals surface area contributed by atoms with Crippen molar-refractivity contribution < 1.29 is 4.79 Å². The van der Waals surface area contributed by atoms with Crippen LogP contribution >= 0.6 is 0 Å². The fourth-order valence-electron chi connectivity index (χ4n) is 1.88. The Morgan fingerprint density at radius 2 is 2.18 bits per heavy atom. The molecule has 1 atom stereocenters. The average Bonchev–Trinajstić information content (AvgIpc) is 2.68. The van der Waals surface area contributed by atoms with Crippen molar-refractivity contribution in [2.45, 2.75) is 19.8 Å². The number of anilines is 1. The molecular formula is C13H17N3O. The lowest BCUT2D eigenvalue weighted by Crippen LogP contribution is -2.25. The second kappa shape index (κ2) is 5.10. The van der Waals surface area contributed by atoms with Gasteiger partial charge in [-0.3, -0.25) is 4.79 Å². The van der Waals surface area contributed by atoms with Crippen molar-refractivity contribution >= 4 is 17.8 Å². The molecule has 2 N–H and O–H groups in total. The van der Waals surface area contributed by atoms with E-state index in [0.717, 1.165) is 24.1 Å². The summed E-state index contributed by atoms with van der Waals surface area (Å²) in [6.45, 7) is 2.51. The monoisotopic (exact) mass is 231 g/mol. The zero-order valence-electron chi connectivity index (χ0n) is 9.97.